The third-order valence-electron chi connectivity index (χ3n) is 7.31. The van der Waals surface area contributed by atoms with E-state index in [4.69, 9.17) is 11.6 Å². The normalized spacial score (nSPS) is 20.5. The van der Waals surface area contributed by atoms with E-state index in [2.05, 4.69) is 10.1 Å². The van der Waals surface area contributed by atoms with Gasteiger partial charge in [-0.25, -0.2) is 17.6 Å². The largest absolute Gasteiger partial charge is 0.480 e. The lowest BCUT2D eigenvalue weighted by atomic mass is 9.98. The zero-order valence-corrected chi connectivity index (χ0v) is 22.3. The zero-order chi connectivity index (χ0) is 29.2. The quantitative estimate of drug-likeness (QED) is 0.427. The Morgan fingerprint density at radius 2 is 1.85 bits per heavy atom. The molecule has 1 aromatic carbocycles. The van der Waals surface area contributed by atoms with Crippen LogP contribution < -0.4 is 0 Å². The molecule has 1 N–H and O–H groups in total. The van der Waals surface area contributed by atoms with Crippen molar-refractivity contribution in [3.63, 3.8) is 0 Å². The third-order valence-corrected chi connectivity index (χ3v) is 9.92. The molecule has 212 valence electrons. The number of likely N-dealkylation sites (tertiary alicyclic amines) is 1. The molecular formula is C25H21ClF4N4O5S. The Morgan fingerprint density at radius 3 is 2.38 bits per heavy atom. The van der Waals surface area contributed by atoms with Gasteiger partial charge < -0.3 is 10.0 Å². The van der Waals surface area contributed by atoms with Crippen LogP contribution in [-0.2, 0) is 38.1 Å². The molecule has 2 atom stereocenters. The summed E-state index contributed by atoms with van der Waals surface area (Å²) >= 11 is 6.34. The first kappa shape index (κ1) is 28.0. The predicted octanol–water partition coefficient (Wildman–Crippen LogP) is 3.85. The van der Waals surface area contributed by atoms with Gasteiger partial charge in [-0.3, -0.25) is 14.5 Å². The number of carboxylic acid groups (broad SMARTS) is 1. The van der Waals surface area contributed by atoms with Crippen LogP contribution in [0.4, 0.5) is 17.6 Å². The number of amides is 1. The van der Waals surface area contributed by atoms with E-state index in [-0.39, 0.29) is 28.8 Å². The van der Waals surface area contributed by atoms with Crippen LogP contribution in [0.5, 0.6) is 0 Å². The Bertz CT molecular complexity index is 1640. The Kier molecular flexibility index (Phi) is 6.69. The van der Waals surface area contributed by atoms with Crippen LogP contribution in [0.1, 0.15) is 30.5 Å². The molecule has 9 nitrogen and oxygen atoms in total. The van der Waals surface area contributed by atoms with Crippen molar-refractivity contribution < 1.29 is 40.7 Å². The summed E-state index contributed by atoms with van der Waals surface area (Å²) in [5, 5.41) is 12.4. The number of aryl methyl sites for hydroxylation is 1. The van der Waals surface area contributed by atoms with E-state index in [1.165, 1.54) is 18.2 Å². The molecule has 1 aliphatic carbocycles. The molecule has 0 spiro atoms. The van der Waals surface area contributed by atoms with E-state index in [0.717, 1.165) is 4.90 Å². The number of nitrogens with zero attached hydrogens (tertiary/aromatic N) is 4. The van der Waals surface area contributed by atoms with Gasteiger partial charge in [0.05, 0.1) is 38.0 Å². The topological polar surface area (TPSA) is 122 Å². The number of aliphatic carboxylic acids is 1. The van der Waals surface area contributed by atoms with Gasteiger partial charge in [-0.15, -0.1) is 0 Å². The molecule has 2 aliphatic rings. The molecule has 1 saturated carbocycles. The van der Waals surface area contributed by atoms with E-state index >= 15 is 0 Å². The highest BCUT2D eigenvalue weighted by molar-refractivity contribution is 7.92. The molecule has 5 rings (SSSR count). The van der Waals surface area contributed by atoms with E-state index in [9.17, 15) is 40.7 Å². The van der Waals surface area contributed by atoms with Crippen molar-refractivity contribution >= 4 is 33.3 Å². The van der Waals surface area contributed by atoms with Gasteiger partial charge in [-0.2, -0.15) is 18.3 Å². The summed E-state index contributed by atoms with van der Waals surface area (Å²) in [6.07, 6.45) is -1.58. The van der Waals surface area contributed by atoms with Gasteiger partial charge in [0.25, 0.3) is 0 Å². The fraction of sp³-hybridized carbons (Fsp3) is 0.360. The van der Waals surface area contributed by atoms with Gasteiger partial charge in [0, 0.05) is 31.5 Å². The monoisotopic (exact) mass is 600 g/mol. The SMILES string of the molecule is Cn1cc(-c2ccc(S(=O)(=O)[C@@H]3C[C@@H](C(=O)O)N(C(=O)C4(c5ncc(C(F)(F)F)cc5F)CC4)C3)c(Cl)c2)cn1. The summed E-state index contributed by atoms with van der Waals surface area (Å²) in [6, 6.07) is 2.94. The fourth-order valence-corrected chi connectivity index (χ4v) is 7.28. The molecule has 1 aliphatic heterocycles. The van der Waals surface area contributed by atoms with E-state index in [0.29, 0.717) is 17.3 Å². The average molecular weight is 601 g/mol. The van der Waals surface area contributed by atoms with Crippen LogP contribution in [0.2, 0.25) is 5.02 Å². The van der Waals surface area contributed by atoms with Crippen LogP contribution in [0, 0.1) is 5.82 Å². The van der Waals surface area contributed by atoms with Gasteiger partial charge in [-0.05, 0) is 43.0 Å². The van der Waals surface area contributed by atoms with E-state index in [1.807, 2.05) is 0 Å². The minimum Gasteiger partial charge on any atom is -0.480 e. The van der Waals surface area contributed by atoms with Crippen molar-refractivity contribution in [2.45, 2.75) is 47.0 Å². The number of sulfone groups is 1. The molecular weight excluding hydrogens is 580 g/mol. The van der Waals surface area contributed by atoms with Crippen molar-refractivity contribution in [1.29, 1.82) is 0 Å². The fourth-order valence-electron chi connectivity index (χ4n) is 5.04. The van der Waals surface area contributed by atoms with Crippen LogP contribution in [0.15, 0.2) is 47.8 Å². The number of alkyl halides is 3. The molecule has 1 amide bonds. The highest BCUT2D eigenvalue weighted by Crippen LogP contribution is 2.51. The van der Waals surface area contributed by atoms with Crippen molar-refractivity contribution in [2.24, 2.45) is 7.05 Å². The van der Waals surface area contributed by atoms with Gasteiger partial charge in [0.15, 0.2) is 9.84 Å². The van der Waals surface area contributed by atoms with E-state index in [1.54, 1.807) is 24.1 Å². The van der Waals surface area contributed by atoms with Gasteiger partial charge in [0.1, 0.15) is 11.9 Å². The first-order valence-corrected chi connectivity index (χ1v) is 13.9. The summed E-state index contributed by atoms with van der Waals surface area (Å²) in [7, 11) is -2.53. The maximum atomic E-state index is 14.7. The van der Waals surface area contributed by atoms with Crippen molar-refractivity contribution in [1.82, 2.24) is 19.7 Å². The third kappa shape index (κ3) is 4.72. The molecule has 0 bridgehead atoms. The van der Waals surface area contributed by atoms with Gasteiger partial charge in [0.2, 0.25) is 5.91 Å². The van der Waals surface area contributed by atoms with Gasteiger partial charge >= 0.3 is 12.1 Å². The van der Waals surface area contributed by atoms with Crippen LogP contribution in [0.25, 0.3) is 11.1 Å². The number of hydrogen-bond acceptors (Lipinski definition) is 6. The first-order valence-electron chi connectivity index (χ1n) is 11.9. The molecule has 0 unspecified atom stereocenters. The number of carbonyl (C=O) groups is 2. The Hall–Kier alpha value is -3.52. The number of carboxylic acids is 1. The Balaban J connectivity index is 1.43. The van der Waals surface area contributed by atoms with Crippen LogP contribution in [0.3, 0.4) is 0 Å². The van der Waals surface area contributed by atoms with Crippen molar-refractivity contribution in [3.05, 3.63) is 65.0 Å². The minimum atomic E-state index is -4.85. The summed E-state index contributed by atoms with van der Waals surface area (Å²) in [5.41, 5.74) is -2.25. The summed E-state index contributed by atoms with van der Waals surface area (Å²) in [4.78, 5) is 29.8. The Labute approximate surface area is 230 Å². The number of benzene rings is 1. The predicted molar refractivity (Wildman–Crippen MR) is 132 cm³/mol. The lowest BCUT2D eigenvalue weighted by Crippen LogP contribution is -2.46. The number of halogens is 5. The standard InChI is InChI=1S/C25H21ClF4N4O5S/c1-33-11-14(9-32-33)13-2-3-20(17(26)6-13)40(38,39)16-8-19(22(35)36)34(12-16)23(37)24(4-5-24)21-18(27)7-15(10-31-21)25(28,29)30/h2-3,6-7,9-11,16,19H,4-5,8,12H2,1H3,(H,35,36)/t16-,19+/m1/s1. The number of aromatic nitrogens is 3. The van der Waals surface area contributed by atoms with Gasteiger partial charge in [-0.1, -0.05) is 17.7 Å². The average Bonchev–Trinajstić information content (AvgIpc) is 3.33. The second kappa shape index (κ2) is 9.54. The maximum Gasteiger partial charge on any atom is 0.417 e. The lowest BCUT2D eigenvalue weighted by molar-refractivity contribution is -0.149. The van der Waals surface area contributed by atoms with E-state index < -0.39 is 74.6 Å². The second-order valence-electron chi connectivity index (χ2n) is 9.90. The molecule has 40 heavy (non-hydrogen) atoms. The molecule has 15 heteroatoms. The summed E-state index contributed by atoms with van der Waals surface area (Å²) in [6.45, 7) is -0.525. The molecule has 3 heterocycles. The molecule has 0 radical (unpaired) electrons. The smallest absolute Gasteiger partial charge is 0.417 e. The number of pyridine rings is 1. The Morgan fingerprint density at radius 1 is 1.15 bits per heavy atom. The number of carbonyl (C=O) groups excluding carboxylic acids is 1. The van der Waals surface area contributed by atoms with Crippen LogP contribution in [-0.4, -0.2) is 62.9 Å². The highest BCUT2D eigenvalue weighted by Gasteiger charge is 2.59. The summed E-state index contributed by atoms with van der Waals surface area (Å²) < 4.78 is 82.3. The second-order valence-corrected chi connectivity index (χ2v) is 12.5. The first-order chi connectivity index (χ1) is 18.6. The maximum absolute atomic E-state index is 14.7. The molecule has 1 saturated heterocycles. The number of hydrogen-bond donors (Lipinski definition) is 1. The highest BCUT2D eigenvalue weighted by atomic mass is 35.5. The van der Waals surface area contributed by atoms with Crippen molar-refractivity contribution in [3.8, 4) is 11.1 Å². The van der Waals surface area contributed by atoms with Crippen LogP contribution >= 0.6 is 11.6 Å². The lowest BCUT2D eigenvalue weighted by Gasteiger charge is -2.26. The zero-order valence-electron chi connectivity index (χ0n) is 20.7. The molecule has 2 fully saturated rings. The molecule has 3 aromatic rings. The summed E-state index contributed by atoms with van der Waals surface area (Å²) in [5.74, 6) is -3.72. The molecule has 2 aromatic heterocycles. The number of rotatable bonds is 6. The van der Waals surface area contributed by atoms with Crippen molar-refractivity contribution in [2.75, 3.05) is 6.54 Å². The minimum absolute atomic E-state index is 0.0169.